The van der Waals surface area contributed by atoms with Crippen molar-refractivity contribution >= 4 is 49.8 Å². The van der Waals surface area contributed by atoms with Crippen LogP contribution in [0.2, 0.25) is 0 Å². The molecule has 1 unspecified atom stereocenters. The second-order valence-corrected chi connectivity index (χ2v) is 7.80. The first-order valence-electron chi connectivity index (χ1n) is 8.20. The first-order chi connectivity index (χ1) is 13.5. The Balaban J connectivity index is 1.96. The third-order valence-electron chi connectivity index (χ3n) is 4.39. The Morgan fingerprint density at radius 2 is 1.86 bits per heavy atom. The van der Waals surface area contributed by atoms with Gasteiger partial charge in [-0.1, -0.05) is 46.3 Å². The number of aliphatic hydroxyl groups is 1. The molecule has 4 rings (SSSR count). The minimum absolute atomic E-state index is 0.107. The second kappa shape index (κ2) is 7.29. The zero-order valence-electron chi connectivity index (χ0n) is 14.2. The molecule has 1 aliphatic rings. The van der Waals surface area contributed by atoms with Crippen molar-refractivity contribution in [1.29, 1.82) is 0 Å². The third-order valence-corrected chi connectivity index (χ3v) is 5.69. The van der Waals surface area contributed by atoms with Gasteiger partial charge in [-0.15, -0.1) is 11.3 Å². The maximum absolute atomic E-state index is 14.6. The molecule has 1 fully saturated rings. The lowest BCUT2D eigenvalue weighted by Crippen LogP contribution is -2.29. The van der Waals surface area contributed by atoms with Crippen LogP contribution in [0.3, 0.4) is 0 Å². The largest absolute Gasteiger partial charge is 0.507 e. The van der Waals surface area contributed by atoms with Gasteiger partial charge < -0.3 is 5.11 Å². The Hall–Kier alpha value is -2.84. The lowest BCUT2D eigenvalue weighted by molar-refractivity contribution is -0.132. The predicted octanol–water partition coefficient (Wildman–Crippen LogP) is 4.67. The van der Waals surface area contributed by atoms with Crippen LogP contribution in [0.4, 0.5) is 9.52 Å². The number of Topliss-reactive ketones (excluding diaryl/α,β-unsaturated/α-hetero) is 1. The maximum Gasteiger partial charge on any atom is 0.301 e. The van der Waals surface area contributed by atoms with E-state index in [2.05, 4.69) is 20.9 Å². The highest BCUT2D eigenvalue weighted by Crippen LogP contribution is 2.43. The van der Waals surface area contributed by atoms with Crippen molar-refractivity contribution in [2.24, 2.45) is 0 Å². The fraction of sp³-hybridized carbons (Fsp3) is 0.0500. The van der Waals surface area contributed by atoms with Crippen molar-refractivity contribution in [2.75, 3.05) is 4.90 Å². The number of aromatic nitrogens is 1. The maximum atomic E-state index is 14.6. The molecule has 1 atom stereocenters. The molecule has 0 saturated carbocycles. The number of nitrogens with zero attached hydrogens (tertiary/aromatic N) is 2. The zero-order chi connectivity index (χ0) is 19.8. The number of hydrogen-bond acceptors (Lipinski definition) is 5. The number of halogens is 2. The smallest absolute Gasteiger partial charge is 0.301 e. The Morgan fingerprint density at radius 1 is 1.14 bits per heavy atom. The molecule has 1 N–H and O–H groups in total. The van der Waals surface area contributed by atoms with E-state index < -0.39 is 23.5 Å². The van der Waals surface area contributed by atoms with Gasteiger partial charge in [-0.2, -0.15) is 0 Å². The highest BCUT2D eigenvalue weighted by atomic mass is 79.9. The number of amides is 1. The monoisotopic (exact) mass is 458 g/mol. The number of carbonyl (C=O) groups is 2. The van der Waals surface area contributed by atoms with Gasteiger partial charge in [0.05, 0.1) is 5.57 Å². The average molecular weight is 459 g/mol. The molecule has 5 nitrogen and oxygen atoms in total. The van der Waals surface area contributed by atoms with Crippen LogP contribution < -0.4 is 4.90 Å². The highest BCUT2D eigenvalue weighted by molar-refractivity contribution is 9.10. The molecule has 0 aliphatic carbocycles. The van der Waals surface area contributed by atoms with E-state index in [1.54, 1.807) is 35.7 Å². The lowest BCUT2D eigenvalue weighted by atomic mass is 9.95. The number of rotatable bonds is 3. The Kier molecular flexibility index (Phi) is 4.82. The molecule has 140 valence electrons. The van der Waals surface area contributed by atoms with Gasteiger partial charge >= 0.3 is 5.91 Å². The third kappa shape index (κ3) is 3.04. The van der Waals surface area contributed by atoms with Crippen molar-refractivity contribution < 1.29 is 19.1 Å². The molecule has 8 heteroatoms. The van der Waals surface area contributed by atoms with E-state index in [1.807, 2.05) is 0 Å². The van der Waals surface area contributed by atoms with Crippen molar-refractivity contribution in [1.82, 2.24) is 4.98 Å². The van der Waals surface area contributed by atoms with Crippen LogP contribution >= 0.6 is 27.3 Å². The van der Waals surface area contributed by atoms with E-state index >= 15 is 0 Å². The second-order valence-electron chi connectivity index (χ2n) is 6.01. The van der Waals surface area contributed by atoms with Gasteiger partial charge in [0.1, 0.15) is 17.6 Å². The van der Waals surface area contributed by atoms with Gasteiger partial charge in [0.25, 0.3) is 5.78 Å². The Labute approximate surface area is 171 Å². The number of carbonyl (C=O) groups excluding carboxylic acids is 2. The number of hydrogen-bond donors (Lipinski definition) is 1. The summed E-state index contributed by atoms with van der Waals surface area (Å²) >= 11 is 4.46. The molecule has 1 amide bonds. The molecule has 28 heavy (non-hydrogen) atoms. The van der Waals surface area contributed by atoms with Gasteiger partial charge in [0, 0.05) is 27.2 Å². The van der Waals surface area contributed by atoms with Gasteiger partial charge in [0.15, 0.2) is 5.13 Å². The number of benzene rings is 2. The molecule has 1 saturated heterocycles. The average Bonchev–Trinajstić information content (AvgIpc) is 3.30. The number of aliphatic hydroxyl groups excluding tert-OH is 1. The van der Waals surface area contributed by atoms with E-state index in [1.165, 1.54) is 24.4 Å². The zero-order valence-corrected chi connectivity index (χ0v) is 16.6. The minimum atomic E-state index is -1.11. The van der Waals surface area contributed by atoms with E-state index in [-0.39, 0.29) is 22.0 Å². The topological polar surface area (TPSA) is 70.5 Å². The van der Waals surface area contributed by atoms with Crippen LogP contribution in [0.25, 0.3) is 5.76 Å². The van der Waals surface area contributed by atoms with Gasteiger partial charge in [0.2, 0.25) is 0 Å². The van der Waals surface area contributed by atoms with Crippen LogP contribution in [-0.2, 0) is 9.59 Å². The molecule has 3 aromatic rings. The van der Waals surface area contributed by atoms with E-state index in [0.29, 0.717) is 5.56 Å². The van der Waals surface area contributed by atoms with Crippen molar-refractivity contribution in [3.05, 3.63) is 87.1 Å². The summed E-state index contributed by atoms with van der Waals surface area (Å²) in [5.74, 6) is -2.69. The molecular formula is C20H12BrFN2O3S. The first-order valence-corrected chi connectivity index (χ1v) is 9.87. The first kappa shape index (κ1) is 18.5. The Morgan fingerprint density at radius 3 is 2.50 bits per heavy atom. The molecule has 2 aromatic carbocycles. The van der Waals surface area contributed by atoms with E-state index in [9.17, 15) is 19.1 Å². The molecule has 2 heterocycles. The van der Waals surface area contributed by atoms with Crippen LogP contribution in [-0.4, -0.2) is 21.8 Å². The summed E-state index contributed by atoms with van der Waals surface area (Å²) in [6.07, 6.45) is 1.49. The lowest BCUT2D eigenvalue weighted by Gasteiger charge is -2.23. The molecule has 1 aromatic heterocycles. The normalized spacial score (nSPS) is 18.6. The van der Waals surface area contributed by atoms with Crippen molar-refractivity contribution in [3.8, 4) is 0 Å². The highest BCUT2D eigenvalue weighted by Gasteiger charge is 2.48. The van der Waals surface area contributed by atoms with Gasteiger partial charge in [-0.05, 0) is 18.2 Å². The standard InChI is InChI=1S/C20H12BrFN2O3S/c21-12-7-5-11(6-8-12)17(25)15-16(13-3-1-2-4-14(13)22)24(19(27)18(15)26)20-23-9-10-28-20/h1-10,16,25H/b17-15+. The summed E-state index contributed by atoms with van der Waals surface area (Å²) in [7, 11) is 0. The van der Waals surface area contributed by atoms with E-state index in [0.717, 1.165) is 20.7 Å². The van der Waals surface area contributed by atoms with Crippen LogP contribution in [0.1, 0.15) is 17.2 Å². The molecule has 1 aliphatic heterocycles. The molecule has 0 spiro atoms. The summed E-state index contributed by atoms with van der Waals surface area (Å²) in [4.78, 5) is 30.8. The molecule has 0 radical (unpaired) electrons. The number of ketones is 1. The summed E-state index contributed by atoms with van der Waals surface area (Å²) in [6.45, 7) is 0. The summed E-state index contributed by atoms with van der Waals surface area (Å²) in [5, 5.41) is 12.8. The quantitative estimate of drug-likeness (QED) is 0.351. The Bertz CT molecular complexity index is 1100. The SMILES string of the molecule is O=C1C(=O)N(c2nccs2)C(c2ccccc2F)/C1=C(\O)c1ccc(Br)cc1. The van der Waals surface area contributed by atoms with Gasteiger partial charge in [-0.25, -0.2) is 9.37 Å². The summed E-state index contributed by atoms with van der Waals surface area (Å²) in [5.41, 5.74) is 0.282. The molecular weight excluding hydrogens is 447 g/mol. The minimum Gasteiger partial charge on any atom is -0.507 e. The fourth-order valence-corrected chi connectivity index (χ4v) is 4.05. The van der Waals surface area contributed by atoms with Gasteiger partial charge in [-0.3, -0.25) is 14.5 Å². The number of thiazole rings is 1. The number of anilines is 1. The van der Waals surface area contributed by atoms with E-state index in [4.69, 9.17) is 0 Å². The van der Waals surface area contributed by atoms with Crippen molar-refractivity contribution in [3.63, 3.8) is 0 Å². The van der Waals surface area contributed by atoms with Crippen LogP contribution in [0, 0.1) is 5.82 Å². The summed E-state index contributed by atoms with van der Waals surface area (Å²) < 4.78 is 15.4. The van der Waals surface area contributed by atoms with Crippen LogP contribution in [0.15, 0.2) is 70.2 Å². The predicted molar refractivity (Wildman–Crippen MR) is 107 cm³/mol. The van der Waals surface area contributed by atoms with Crippen LogP contribution in [0.5, 0.6) is 0 Å². The summed E-state index contributed by atoms with van der Waals surface area (Å²) in [6, 6.07) is 11.4. The fourth-order valence-electron chi connectivity index (χ4n) is 3.12. The van der Waals surface area contributed by atoms with Crippen molar-refractivity contribution in [2.45, 2.75) is 6.04 Å². The molecule has 0 bridgehead atoms.